The Labute approximate surface area is 96.1 Å². The van der Waals surface area contributed by atoms with Gasteiger partial charge in [0, 0.05) is 6.20 Å². The van der Waals surface area contributed by atoms with E-state index < -0.39 is 25.5 Å². The van der Waals surface area contributed by atoms with Crippen LogP contribution in [0, 0.1) is 10.1 Å². The number of pyridine rings is 1. The van der Waals surface area contributed by atoms with Crippen LogP contribution in [-0.2, 0) is 10.0 Å². The zero-order valence-electron chi connectivity index (χ0n) is 8.40. The van der Waals surface area contributed by atoms with Crippen LogP contribution < -0.4 is 5.14 Å². The average Bonchev–Trinajstić information content (AvgIpc) is 2.26. The monoisotopic (exact) mass is 253 g/mol. The van der Waals surface area contributed by atoms with Crippen LogP contribution in [0.1, 0.15) is 0 Å². The van der Waals surface area contributed by atoms with E-state index in [2.05, 4.69) is 4.98 Å². The highest BCUT2D eigenvalue weighted by molar-refractivity contribution is 7.89. The van der Waals surface area contributed by atoms with Gasteiger partial charge in [0.1, 0.15) is 0 Å². The number of hydrogen-bond donors (Lipinski definition) is 1. The fourth-order valence-electron chi connectivity index (χ4n) is 1.53. The van der Waals surface area contributed by atoms with Gasteiger partial charge < -0.3 is 0 Å². The van der Waals surface area contributed by atoms with Gasteiger partial charge in [0.05, 0.1) is 15.8 Å². The normalized spacial score (nSPS) is 11.6. The lowest BCUT2D eigenvalue weighted by molar-refractivity contribution is -0.386. The van der Waals surface area contributed by atoms with E-state index in [4.69, 9.17) is 5.14 Å². The van der Waals surface area contributed by atoms with Crippen LogP contribution in [-0.4, -0.2) is 18.3 Å². The van der Waals surface area contributed by atoms with Crippen LogP contribution in [0.2, 0.25) is 0 Å². The van der Waals surface area contributed by atoms with Crippen molar-refractivity contribution in [2.75, 3.05) is 0 Å². The molecule has 0 spiro atoms. The topological polar surface area (TPSA) is 116 Å². The summed E-state index contributed by atoms with van der Waals surface area (Å²) in [5.74, 6) is 0. The third-order valence-electron chi connectivity index (χ3n) is 2.21. The van der Waals surface area contributed by atoms with Crippen molar-refractivity contribution >= 4 is 26.6 Å². The first-order valence-corrected chi connectivity index (χ1v) is 6.01. The zero-order chi connectivity index (χ0) is 12.6. The van der Waals surface area contributed by atoms with Crippen LogP contribution in [0.4, 0.5) is 5.69 Å². The molecule has 0 aliphatic carbocycles. The second-order valence-corrected chi connectivity index (χ2v) is 4.81. The number of nitro benzene ring substituents is 1. The van der Waals surface area contributed by atoms with Gasteiger partial charge in [0.15, 0.2) is 4.90 Å². The van der Waals surface area contributed by atoms with E-state index in [-0.39, 0.29) is 5.39 Å². The summed E-state index contributed by atoms with van der Waals surface area (Å²) in [6.45, 7) is 0. The Morgan fingerprint density at radius 1 is 1.29 bits per heavy atom. The van der Waals surface area contributed by atoms with Crippen molar-refractivity contribution in [3.63, 3.8) is 0 Å². The van der Waals surface area contributed by atoms with E-state index in [0.717, 1.165) is 6.07 Å². The van der Waals surface area contributed by atoms with Crippen LogP contribution in [0.15, 0.2) is 35.4 Å². The van der Waals surface area contributed by atoms with Crippen molar-refractivity contribution in [1.29, 1.82) is 0 Å². The van der Waals surface area contributed by atoms with Gasteiger partial charge in [0.25, 0.3) is 5.69 Å². The largest absolute Gasteiger partial charge is 0.298 e. The minimum atomic E-state index is -4.14. The van der Waals surface area contributed by atoms with Crippen molar-refractivity contribution in [2.24, 2.45) is 5.14 Å². The molecule has 1 heterocycles. The first kappa shape index (κ1) is 11.4. The summed E-state index contributed by atoms with van der Waals surface area (Å²) in [6, 6.07) is 5.38. The fourth-order valence-corrected chi connectivity index (χ4v) is 2.25. The molecule has 0 amide bonds. The summed E-state index contributed by atoms with van der Waals surface area (Å²) in [5.41, 5.74) is -0.204. The van der Waals surface area contributed by atoms with E-state index in [9.17, 15) is 18.5 Å². The summed E-state index contributed by atoms with van der Waals surface area (Å²) in [6.07, 6.45) is 1.46. The van der Waals surface area contributed by atoms with Gasteiger partial charge in [-0.15, -0.1) is 0 Å². The number of fused-ring (bicyclic) bond motifs is 1. The fraction of sp³-hybridized carbons (Fsp3) is 0. The highest BCUT2D eigenvalue weighted by atomic mass is 32.2. The van der Waals surface area contributed by atoms with Gasteiger partial charge in [-0.2, -0.15) is 0 Å². The van der Waals surface area contributed by atoms with Gasteiger partial charge in [-0.25, -0.2) is 13.6 Å². The van der Waals surface area contributed by atoms with Crippen molar-refractivity contribution in [3.05, 3.63) is 40.6 Å². The molecule has 2 rings (SSSR count). The molecule has 7 nitrogen and oxygen atoms in total. The van der Waals surface area contributed by atoms with Crippen molar-refractivity contribution in [2.45, 2.75) is 4.90 Å². The van der Waals surface area contributed by atoms with Crippen molar-refractivity contribution in [1.82, 2.24) is 4.98 Å². The number of nitro groups is 1. The third-order valence-corrected chi connectivity index (χ3v) is 3.15. The van der Waals surface area contributed by atoms with Crippen LogP contribution in [0.3, 0.4) is 0 Å². The molecule has 0 unspecified atom stereocenters. The van der Waals surface area contributed by atoms with E-state index in [1.165, 1.54) is 24.4 Å². The lowest BCUT2D eigenvalue weighted by Crippen LogP contribution is -2.14. The number of benzene rings is 1. The summed E-state index contributed by atoms with van der Waals surface area (Å²) < 4.78 is 22.5. The molecule has 0 atom stereocenters. The van der Waals surface area contributed by atoms with Crippen LogP contribution in [0.5, 0.6) is 0 Å². The number of sulfonamides is 1. The van der Waals surface area contributed by atoms with E-state index in [1.54, 1.807) is 0 Å². The average molecular weight is 253 g/mol. The van der Waals surface area contributed by atoms with Gasteiger partial charge in [0.2, 0.25) is 10.0 Å². The summed E-state index contributed by atoms with van der Waals surface area (Å²) >= 11 is 0. The molecule has 1 aromatic carbocycles. The SMILES string of the molecule is NS(=O)(=O)c1ccc2ncccc2c1[N+](=O)[O-]. The second-order valence-electron chi connectivity index (χ2n) is 3.28. The van der Waals surface area contributed by atoms with Crippen molar-refractivity contribution in [3.8, 4) is 0 Å². The molecule has 88 valence electrons. The Kier molecular flexibility index (Phi) is 2.52. The Morgan fingerprint density at radius 2 is 2.00 bits per heavy atom. The highest BCUT2D eigenvalue weighted by Crippen LogP contribution is 2.30. The lowest BCUT2D eigenvalue weighted by atomic mass is 10.2. The molecule has 0 bridgehead atoms. The standard InChI is InChI=1S/C9H7N3O4S/c10-17(15,16)8-4-3-7-6(2-1-5-11-7)9(8)12(13)14/h1-5H,(H2,10,15,16). The Balaban J connectivity index is 2.98. The minimum absolute atomic E-state index is 0.143. The highest BCUT2D eigenvalue weighted by Gasteiger charge is 2.25. The molecule has 2 N–H and O–H groups in total. The number of nitrogens with two attached hydrogens (primary N) is 1. The third kappa shape index (κ3) is 1.95. The molecule has 0 aliphatic heterocycles. The first-order chi connectivity index (χ1) is 7.91. The van der Waals surface area contributed by atoms with Crippen molar-refractivity contribution < 1.29 is 13.3 Å². The first-order valence-electron chi connectivity index (χ1n) is 4.46. The van der Waals surface area contributed by atoms with Crippen LogP contribution >= 0.6 is 0 Å². The summed E-state index contributed by atoms with van der Waals surface area (Å²) in [7, 11) is -4.14. The molecule has 0 saturated heterocycles. The summed E-state index contributed by atoms with van der Waals surface area (Å²) in [5, 5.41) is 16.0. The van der Waals surface area contributed by atoms with E-state index in [1.807, 2.05) is 0 Å². The van der Waals surface area contributed by atoms with Gasteiger partial charge in [-0.3, -0.25) is 15.1 Å². The molecule has 0 aliphatic rings. The molecule has 0 saturated carbocycles. The smallest absolute Gasteiger partial charge is 0.258 e. The maximum absolute atomic E-state index is 11.3. The Bertz CT molecular complexity index is 711. The number of aromatic nitrogens is 1. The maximum Gasteiger partial charge on any atom is 0.298 e. The molecule has 0 radical (unpaired) electrons. The predicted octanol–water partition coefficient (Wildman–Crippen LogP) is 0.790. The maximum atomic E-state index is 11.3. The number of primary sulfonamides is 1. The Morgan fingerprint density at radius 3 is 2.59 bits per heavy atom. The predicted molar refractivity (Wildman–Crippen MR) is 59.8 cm³/mol. The summed E-state index contributed by atoms with van der Waals surface area (Å²) in [4.78, 5) is 13.6. The minimum Gasteiger partial charge on any atom is -0.258 e. The number of rotatable bonds is 2. The molecular formula is C9H7N3O4S. The second kappa shape index (κ2) is 3.75. The quantitative estimate of drug-likeness (QED) is 0.627. The van der Waals surface area contributed by atoms with E-state index in [0.29, 0.717) is 5.52 Å². The molecule has 1 aromatic heterocycles. The zero-order valence-corrected chi connectivity index (χ0v) is 9.22. The number of nitrogens with zero attached hydrogens (tertiary/aromatic N) is 2. The molecule has 2 aromatic rings. The lowest BCUT2D eigenvalue weighted by Gasteiger charge is -2.03. The van der Waals surface area contributed by atoms with Gasteiger partial charge in [-0.1, -0.05) is 0 Å². The van der Waals surface area contributed by atoms with E-state index >= 15 is 0 Å². The van der Waals surface area contributed by atoms with Gasteiger partial charge in [-0.05, 0) is 24.3 Å². The molecule has 17 heavy (non-hydrogen) atoms. The molecule has 0 fully saturated rings. The molecular weight excluding hydrogens is 246 g/mol. The Hall–Kier alpha value is -2.06. The number of hydrogen-bond acceptors (Lipinski definition) is 5. The molecule has 8 heteroatoms. The van der Waals surface area contributed by atoms with Crippen LogP contribution in [0.25, 0.3) is 10.9 Å². The van der Waals surface area contributed by atoms with Gasteiger partial charge >= 0.3 is 0 Å².